The number of hydrogen-bond acceptors (Lipinski definition) is 2. The predicted octanol–water partition coefficient (Wildman–Crippen LogP) is 3.84. The van der Waals surface area contributed by atoms with Crippen LogP contribution in [0.1, 0.15) is 48.5 Å². The highest BCUT2D eigenvalue weighted by Crippen LogP contribution is 2.41. The molecule has 0 aliphatic heterocycles. The molecule has 3 nitrogen and oxygen atoms in total. The summed E-state index contributed by atoms with van der Waals surface area (Å²) in [6.07, 6.45) is 5.36. The van der Waals surface area contributed by atoms with E-state index in [2.05, 4.69) is 41.6 Å². The maximum atomic E-state index is 6.40. The fourth-order valence-electron chi connectivity index (χ4n) is 3.56. The molecule has 4 heteroatoms. The number of benzene rings is 1. The normalized spacial score (nSPS) is 19.3. The lowest BCUT2D eigenvalue weighted by Gasteiger charge is -2.33. The Morgan fingerprint density at radius 1 is 1.43 bits per heavy atom. The number of nitrogens with zero attached hydrogens (tertiary/aromatic N) is 2. The summed E-state index contributed by atoms with van der Waals surface area (Å²) in [5.74, 6) is 0.461. The average molecular weight is 304 g/mol. The Morgan fingerprint density at radius 2 is 2.24 bits per heavy atom. The molecule has 2 aromatic rings. The zero-order valence-electron chi connectivity index (χ0n) is 12.6. The van der Waals surface area contributed by atoms with Crippen LogP contribution in [0.4, 0.5) is 0 Å². The predicted molar refractivity (Wildman–Crippen MR) is 86.8 cm³/mol. The molecule has 0 spiro atoms. The van der Waals surface area contributed by atoms with Gasteiger partial charge in [0.1, 0.15) is 0 Å². The Labute approximate surface area is 131 Å². The third-order valence-corrected chi connectivity index (χ3v) is 4.77. The van der Waals surface area contributed by atoms with Crippen LogP contribution in [0, 0.1) is 0 Å². The Morgan fingerprint density at radius 3 is 2.95 bits per heavy atom. The summed E-state index contributed by atoms with van der Waals surface area (Å²) < 4.78 is 1.91. The van der Waals surface area contributed by atoms with Crippen LogP contribution in [-0.2, 0) is 13.5 Å². The molecule has 1 aliphatic rings. The zero-order valence-corrected chi connectivity index (χ0v) is 13.4. The number of rotatable bonds is 4. The van der Waals surface area contributed by atoms with Gasteiger partial charge < -0.3 is 5.32 Å². The van der Waals surface area contributed by atoms with Crippen LogP contribution in [0.5, 0.6) is 0 Å². The first-order valence-electron chi connectivity index (χ1n) is 7.71. The molecule has 0 saturated heterocycles. The topological polar surface area (TPSA) is 29.9 Å². The Kier molecular flexibility index (Phi) is 4.32. The van der Waals surface area contributed by atoms with E-state index in [0.717, 1.165) is 17.3 Å². The van der Waals surface area contributed by atoms with Gasteiger partial charge in [0.15, 0.2) is 0 Å². The lowest BCUT2D eigenvalue weighted by molar-refractivity contribution is 0.390. The van der Waals surface area contributed by atoms with Gasteiger partial charge in [0.2, 0.25) is 0 Å². The van der Waals surface area contributed by atoms with Crippen molar-refractivity contribution in [3.8, 4) is 0 Å². The van der Waals surface area contributed by atoms with E-state index in [0.29, 0.717) is 5.92 Å². The minimum absolute atomic E-state index is 0.219. The van der Waals surface area contributed by atoms with Crippen molar-refractivity contribution >= 4 is 11.6 Å². The van der Waals surface area contributed by atoms with E-state index < -0.39 is 0 Å². The number of aryl methyl sites for hydroxylation is 2. The van der Waals surface area contributed by atoms with Gasteiger partial charge in [0.25, 0.3) is 0 Å². The minimum Gasteiger partial charge on any atom is -0.308 e. The highest BCUT2D eigenvalue weighted by Gasteiger charge is 2.31. The van der Waals surface area contributed by atoms with Crippen molar-refractivity contribution in [2.75, 3.05) is 6.54 Å². The zero-order chi connectivity index (χ0) is 14.8. The minimum atomic E-state index is 0.219. The molecule has 0 saturated carbocycles. The molecule has 1 aromatic carbocycles. The molecule has 112 valence electrons. The molecule has 3 rings (SSSR count). The summed E-state index contributed by atoms with van der Waals surface area (Å²) in [6.45, 7) is 3.07. The third kappa shape index (κ3) is 2.72. The van der Waals surface area contributed by atoms with Gasteiger partial charge in [-0.05, 0) is 36.9 Å². The number of fused-ring (bicyclic) bond motifs is 1. The largest absolute Gasteiger partial charge is 0.308 e. The molecule has 1 aliphatic carbocycles. The summed E-state index contributed by atoms with van der Waals surface area (Å²) in [4.78, 5) is 0. The van der Waals surface area contributed by atoms with Crippen molar-refractivity contribution in [3.63, 3.8) is 0 Å². The molecule has 0 radical (unpaired) electrons. The Hall–Kier alpha value is -1.32. The fraction of sp³-hybridized carbons (Fsp3) is 0.471. The quantitative estimate of drug-likeness (QED) is 0.930. The summed E-state index contributed by atoms with van der Waals surface area (Å²) in [5, 5.41) is 8.70. The highest BCUT2D eigenvalue weighted by atomic mass is 35.5. The van der Waals surface area contributed by atoms with Gasteiger partial charge in [0, 0.05) is 13.0 Å². The molecule has 0 bridgehead atoms. The number of aromatic nitrogens is 2. The van der Waals surface area contributed by atoms with E-state index >= 15 is 0 Å². The maximum absolute atomic E-state index is 6.40. The van der Waals surface area contributed by atoms with Crippen molar-refractivity contribution in [2.45, 2.75) is 38.1 Å². The molecule has 1 aromatic heterocycles. The first-order valence-corrected chi connectivity index (χ1v) is 8.08. The van der Waals surface area contributed by atoms with Crippen LogP contribution in [0.2, 0.25) is 5.02 Å². The standard InChI is InChI=1S/C17H22ClN3/c1-3-19-16(17-15(18)11-20-21(17)2)14-10-6-8-12-7-4-5-9-13(12)14/h4-5,7,9,11,14,16,19H,3,6,8,10H2,1-2H3. The molecule has 1 N–H and O–H groups in total. The molecule has 0 fully saturated rings. The second kappa shape index (κ2) is 6.20. The monoisotopic (exact) mass is 303 g/mol. The van der Waals surface area contributed by atoms with Crippen LogP contribution in [-0.4, -0.2) is 16.3 Å². The smallest absolute Gasteiger partial charge is 0.0834 e. The van der Waals surface area contributed by atoms with Gasteiger partial charge >= 0.3 is 0 Å². The summed E-state index contributed by atoms with van der Waals surface area (Å²) in [7, 11) is 1.97. The van der Waals surface area contributed by atoms with Crippen LogP contribution in [0.3, 0.4) is 0 Å². The maximum Gasteiger partial charge on any atom is 0.0834 e. The molecule has 2 atom stereocenters. The highest BCUT2D eigenvalue weighted by molar-refractivity contribution is 6.31. The molecule has 1 heterocycles. The number of hydrogen-bond donors (Lipinski definition) is 1. The molecule has 0 amide bonds. The summed E-state index contributed by atoms with van der Waals surface area (Å²) in [5.41, 5.74) is 4.04. The molecular weight excluding hydrogens is 282 g/mol. The lowest BCUT2D eigenvalue weighted by Crippen LogP contribution is -2.31. The van der Waals surface area contributed by atoms with Crippen molar-refractivity contribution in [1.82, 2.24) is 15.1 Å². The van der Waals surface area contributed by atoms with Gasteiger partial charge in [-0.15, -0.1) is 0 Å². The van der Waals surface area contributed by atoms with E-state index in [4.69, 9.17) is 11.6 Å². The lowest BCUT2D eigenvalue weighted by atomic mass is 9.77. The van der Waals surface area contributed by atoms with Crippen LogP contribution >= 0.6 is 11.6 Å². The van der Waals surface area contributed by atoms with E-state index in [9.17, 15) is 0 Å². The van der Waals surface area contributed by atoms with Crippen molar-refractivity contribution in [1.29, 1.82) is 0 Å². The number of halogens is 1. The second-order valence-electron chi connectivity index (χ2n) is 5.73. The van der Waals surface area contributed by atoms with E-state index in [1.165, 1.54) is 30.4 Å². The van der Waals surface area contributed by atoms with Crippen molar-refractivity contribution < 1.29 is 0 Å². The Bertz CT molecular complexity index is 601. The summed E-state index contributed by atoms with van der Waals surface area (Å²) >= 11 is 6.40. The summed E-state index contributed by atoms with van der Waals surface area (Å²) in [6, 6.07) is 9.03. The number of nitrogens with one attached hydrogen (secondary N) is 1. The fourth-order valence-corrected chi connectivity index (χ4v) is 3.84. The molecular formula is C17H22ClN3. The van der Waals surface area contributed by atoms with Gasteiger partial charge in [-0.1, -0.05) is 42.8 Å². The van der Waals surface area contributed by atoms with Gasteiger partial charge in [0.05, 0.1) is 23.0 Å². The SMILES string of the molecule is CCNC(c1c(Cl)cnn1C)C1CCCc2ccccc21. The Balaban J connectivity index is 2.03. The van der Waals surface area contributed by atoms with Crippen molar-refractivity contribution in [2.24, 2.45) is 7.05 Å². The van der Waals surface area contributed by atoms with Gasteiger partial charge in [-0.2, -0.15) is 5.10 Å². The van der Waals surface area contributed by atoms with Crippen LogP contribution in [0.15, 0.2) is 30.5 Å². The third-order valence-electron chi connectivity index (χ3n) is 4.47. The van der Waals surface area contributed by atoms with Crippen LogP contribution in [0.25, 0.3) is 0 Å². The average Bonchev–Trinajstić information content (AvgIpc) is 2.84. The van der Waals surface area contributed by atoms with Crippen molar-refractivity contribution in [3.05, 3.63) is 52.3 Å². The van der Waals surface area contributed by atoms with Gasteiger partial charge in [-0.25, -0.2) is 0 Å². The van der Waals surface area contributed by atoms with E-state index in [1.54, 1.807) is 6.20 Å². The van der Waals surface area contributed by atoms with E-state index in [-0.39, 0.29) is 6.04 Å². The first kappa shape index (κ1) is 14.6. The first-order chi connectivity index (χ1) is 10.2. The van der Waals surface area contributed by atoms with E-state index in [1.807, 2.05) is 11.7 Å². The number of likely N-dealkylation sites (N-methyl/N-ethyl adjacent to an activating group) is 1. The second-order valence-corrected chi connectivity index (χ2v) is 6.14. The van der Waals surface area contributed by atoms with Crippen LogP contribution < -0.4 is 5.32 Å². The molecule has 21 heavy (non-hydrogen) atoms. The molecule has 2 unspecified atom stereocenters. The van der Waals surface area contributed by atoms with Gasteiger partial charge in [-0.3, -0.25) is 4.68 Å².